The molecule has 3 aromatic rings. The normalized spacial score (nSPS) is 17.4. The van der Waals surface area contributed by atoms with Crippen LogP contribution in [0.4, 0.5) is 11.6 Å². The van der Waals surface area contributed by atoms with Gasteiger partial charge in [0.05, 0.1) is 53.5 Å². The second-order valence-electron chi connectivity index (χ2n) is 9.52. The van der Waals surface area contributed by atoms with Crippen LogP contribution in [0.3, 0.4) is 0 Å². The van der Waals surface area contributed by atoms with E-state index in [2.05, 4.69) is 25.7 Å². The fourth-order valence-electron chi connectivity index (χ4n) is 4.59. The minimum Gasteiger partial charge on any atom is -0.481 e. The van der Waals surface area contributed by atoms with Gasteiger partial charge in [0.2, 0.25) is 17.7 Å². The maximum atomic E-state index is 12.9. The van der Waals surface area contributed by atoms with Crippen molar-refractivity contribution in [3.63, 3.8) is 0 Å². The van der Waals surface area contributed by atoms with Gasteiger partial charge in [-0.3, -0.25) is 19.3 Å². The van der Waals surface area contributed by atoms with Gasteiger partial charge in [0.1, 0.15) is 0 Å². The highest BCUT2D eigenvalue weighted by Gasteiger charge is 2.35. The molecule has 0 aromatic carbocycles. The van der Waals surface area contributed by atoms with Crippen LogP contribution in [0.5, 0.6) is 5.88 Å². The zero-order chi connectivity index (χ0) is 26.5. The van der Waals surface area contributed by atoms with Crippen molar-refractivity contribution in [2.24, 2.45) is 18.9 Å². The average Bonchev–Trinajstić information content (AvgIpc) is 3.23. The number of carbonyl (C=O) groups excluding carboxylic acids is 1. The van der Waals surface area contributed by atoms with Gasteiger partial charge in [-0.2, -0.15) is 10.1 Å². The molecule has 0 radical (unpaired) electrons. The molecule has 0 aliphatic heterocycles. The minimum absolute atomic E-state index is 0.00904. The van der Waals surface area contributed by atoms with Crippen LogP contribution in [0.2, 0.25) is 0 Å². The largest absolute Gasteiger partial charge is 0.481 e. The predicted molar refractivity (Wildman–Crippen MR) is 138 cm³/mol. The van der Waals surface area contributed by atoms with E-state index in [9.17, 15) is 14.7 Å². The zero-order valence-corrected chi connectivity index (χ0v) is 21.6. The maximum absolute atomic E-state index is 12.9. The van der Waals surface area contributed by atoms with Gasteiger partial charge in [-0.05, 0) is 45.7 Å². The Morgan fingerprint density at radius 1 is 1.16 bits per heavy atom. The van der Waals surface area contributed by atoms with Crippen molar-refractivity contribution >= 4 is 23.5 Å². The Kier molecular flexibility index (Phi) is 8.00. The quantitative estimate of drug-likeness (QED) is 0.394. The highest BCUT2D eigenvalue weighted by atomic mass is 16.5. The third kappa shape index (κ3) is 6.22. The van der Waals surface area contributed by atoms with Crippen LogP contribution < -0.4 is 15.4 Å². The zero-order valence-electron chi connectivity index (χ0n) is 21.6. The molecular weight excluding hydrogens is 474 g/mol. The second kappa shape index (κ2) is 11.4. The number of rotatable bonds is 9. The molecule has 4 rings (SSSR count). The number of hydrogen-bond acceptors (Lipinski definition) is 8. The molecule has 1 aliphatic rings. The van der Waals surface area contributed by atoms with E-state index in [1.807, 2.05) is 33.9 Å². The number of aliphatic carboxylic acids is 1. The minimum atomic E-state index is -0.910. The van der Waals surface area contributed by atoms with Gasteiger partial charge in [-0.15, -0.1) is 0 Å². The Bertz CT molecular complexity index is 1270. The van der Waals surface area contributed by atoms with E-state index in [4.69, 9.17) is 9.72 Å². The number of aromatic nitrogens is 5. The van der Waals surface area contributed by atoms with E-state index in [1.165, 1.54) is 0 Å². The second-order valence-corrected chi connectivity index (χ2v) is 9.52. The average molecular weight is 508 g/mol. The summed E-state index contributed by atoms with van der Waals surface area (Å²) in [7, 11) is 1.85. The van der Waals surface area contributed by atoms with Crippen LogP contribution in [0.25, 0.3) is 11.3 Å². The van der Waals surface area contributed by atoms with Crippen LogP contribution in [0, 0.1) is 18.8 Å². The number of hydrogen-bond donors (Lipinski definition) is 3. The molecule has 3 N–H and O–H groups in total. The Hall–Kier alpha value is -4.02. The topological polar surface area (TPSA) is 144 Å². The van der Waals surface area contributed by atoms with Crippen molar-refractivity contribution in [2.75, 3.05) is 10.6 Å². The molecule has 2 atom stereocenters. The summed E-state index contributed by atoms with van der Waals surface area (Å²) in [6.07, 6.45) is 6.20. The first-order valence-electron chi connectivity index (χ1n) is 12.5. The van der Waals surface area contributed by atoms with E-state index >= 15 is 0 Å². The van der Waals surface area contributed by atoms with Gasteiger partial charge in [0.15, 0.2) is 0 Å². The first-order valence-corrected chi connectivity index (χ1v) is 12.5. The number of nitrogens with one attached hydrogen (secondary N) is 2. The molecule has 11 heteroatoms. The molecule has 3 heterocycles. The van der Waals surface area contributed by atoms with Gasteiger partial charge >= 0.3 is 5.97 Å². The molecule has 0 unspecified atom stereocenters. The summed E-state index contributed by atoms with van der Waals surface area (Å²) >= 11 is 0. The molecule has 196 valence electrons. The first-order chi connectivity index (χ1) is 17.7. The van der Waals surface area contributed by atoms with Gasteiger partial charge in [0, 0.05) is 24.9 Å². The summed E-state index contributed by atoms with van der Waals surface area (Å²) in [4.78, 5) is 37.9. The molecule has 0 saturated heterocycles. The number of carbonyl (C=O) groups is 2. The number of ether oxygens (including phenoxy) is 1. The van der Waals surface area contributed by atoms with Gasteiger partial charge < -0.3 is 20.5 Å². The molecule has 1 fully saturated rings. The van der Waals surface area contributed by atoms with Crippen molar-refractivity contribution in [3.8, 4) is 17.1 Å². The lowest BCUT2D eigenvalue weighted by atomic mass is 9.78. The molecule has 0 spiro atoms. The van der Waals surface area contributed by atoms with E-state index in [0.717, 1.165) is 24.1 Å². The van der Waals surface area contributed by atoms with Crippen LogP contribution in [-0.4, -0.2) is 47.8 Å². The fraction of sp³-hybridized carbons (Fsp3) is 0.462. The summed E-state index contributed by atoms with van der Waals surface area (Å²) in [5.74, 6) is -1.42. The predicted octanol–water partition coefficient (Wildman–Crippen LogP) is 3.81. The van der Waals surface area contributed by atoms with Gasteiger partial charge in [-0.1, -0.05) is 12.8 Å². The van der Waals surface area contributed by atoms with Crippen molar-refractivity contribution < 1.29 is 19.4 Å². The number of nitrogens with zero attached hydrogens (tertiary/aromatic N) is 5. The first kappa shape index (κ1) is 26.1. The highest BCUT2D eigenvalue weighted by molar-refractivity contribution is 5.95. The summed E-state index contributed by atoms with van der Waals surface area (Å²) in [6, 6.07) is 5.34. The molecule has 37 heavy (non-hydrogen) atoms. The number of carboxylic acid groups (broad SMARTS) is 1. The number of anilines is 2. The lowest BCUT2D eigenvalue weighted by Crippen LogP contribution is -2.36. The lowest BCUT2D eigenvalue weighted by Gasteiger charge is -2.27. The molecule has 3 aromatic heterocycles. The fourth-order valence-corrected chi connectivity index (χ4v) is 4.59. The van der Waals surface area contributed by atoms with Crippen LogP contribution in [0.1, 0.15) is 50.9 Å². The van der Waals surface area contributed by atoms with Crippen molar-refractivity contribution in [1.82, 2.24) is 24.7 Å². The van der Waals surface area contributed by atoms with E-state index in [1.54, 1.807) is 29.2 Å². The lowest BCUT2D eigenvalue weighted by molar-refractivity contribution is -0.147. The Morgan fingerprint density at radius 2 is 1.92 bits per heavy atom. The maximum Gasteiger partial charge on any atom is 0.307 e. The monoisotopic (exact) mass is 507 g/mol. The SMILES string of the molecule is Cc1nc(-c2cnn(C)c2CNc2nccc(OC(C)C)n2)ccc1NC(=O)[C@H]1CCCC[C@@H]1C(=O)O. The van der Waals surface area contributed by atoms with Gasteiger partial charge in [0.25, 0.3) is 0 Å². The Morgan fingerprint density at radius 3 is 2.62 bits per heavy atom. The summed E-state index contributed by atoms with van der Waals surface area (Å²) in [5.41, 5.74) is 3.64. The summed E-state index contributed by atoms with van der Waals surface area (Å²) in [6.45, 7) is 6.10. The summed E-state index contributed by atoms with van der Waals surface area (Å²) in [5, 5.41) is 20.0. The third-order valence-electron chi connectivity index (χ3n) is 6.50. The molecule has 1 amide bonds. The number of amides is 1. The van der Waals surface area contributed by atoms with Crippen LogP contribution in [-0.2, 0) is 23.2 Å². The van der Waals surface area contributed by atoms with Crippen molar-refractivity contribution in [3.05, 3.63) is 42.0 Å². The van der Waals surface area contributed by atoms with E-state index < -0.39 is 17.8 Å². The number of carboxylic acids is 1. The van der Waals surface area contributed by atoms with Crippen molar-refractivity contribution in [2.45, 2.75) is 59.1 Å². The number of pyridine rings is 1. The van der Waals surface area contributed by atoms with Crippen LogP contribution in [0.15, 0.2) is 30.6 Å². The molecule has 1 saturated carbocycles. The number of aryl methyl sites for hydroxylation is 2. The Labute approximate surface area is 215 Å². The molecular formula is C26H33N7O4. The van der Waals surface area contributed by atoms with E-state index in [-0.39, 0.29) is 12.0 Å². The highest BCUT2D eigenvalue weighted by Crippen LogP contribution is 2.32. The molecule has 1 aliphatic carbocycles. The van der Waals surface area contributed by atoms with Gasteiger partial charge in [-0.25, -0.2) is 4.98 Å². The standard InChI is InChI=1S/C26H33N7O4/c1-15(2)37-23-11-12-27-26(32-23)28-14-22-19(13-29-33(22)4)21-10-9-20(16(3)30-21)31-24(34)17-7-5-6-8-18(17)25(35)36/h9-13,15,17-18H,5-8,14H2,1-4H3,(H,31,34)(H,35,36)(H,27,28,32)/t17-,18-/m0/s1. The Balaban J connectivity index is 1.48. The smallest absolute Gasteiger partial charge is 0.307 e. The van der Waals surface area contributed by atoms with Crippen LogP contribution >= 0.6 is 0 Å². The third-order valence-corrected chi connectivity index (χ3v) is 6.50. The molecule has 11 nitrogen and oxygen atoms in total. The summed E-state index contributed by atoms with van der Waals surface area (Å²) < 4.78 is 7.40. The van der Waals surface area contributed by atoms with Crippen molar-refractivity contribution in [1.29, 1.82) is 0 Å². The molecule has 0 bridgehead atoms. The van der Waals surface area contributed by atoms with E-state index in [0.29, 0.717) is 48.3 Å².